The Labute approximate surface area is 158 Å². The molecule has 0 saturated carbocycles. The first kappa shape index (κ1) is 18.5. The number of amides is 1. The molecule has 0 aliphatic carbocycles. The van der Waals surface area contributed by atoms with Gasteiger partial charge in [0.1, 0.15) is 30.3 Å². The van der Waals surface area contributed by atoms with Crippen molar-refractivity contribution in [1.29, 1.82) is 0 Å². The lowest BCUT2D eigenvalue weighted by atomic mass is 10.2. The highest BCUT2D eigenvalue weighted by Gasteiger charge is 2.38. The van der Waals surface area contributed by atoms with Gasteiger partial charge in [0.15, 0.2) is 5.82 Å². The van der Waals surface area contributed by atoms with Crippen LogP contribution >= 0.6 is 15.9 Å². The van der Waals surface area contributed by atoms with Crippen molar-refractivity contribution in [3.63, 3.8) is 0 Å². The van der Waals surface area contributed by atoms with E-state index in [1.165, 1.54) is 12.1 Å². The Morgan fingerprint density at radius 2 is 1.92 bits per heavy atom. The van der Waals surface area contributed by atoms with Gasteiger partial charge in [0, 0.05) is 0 Å². The quantitative estimate of drug-likeness (QED) is 0.764. The Balaban J connectivity index is 1.92. The third-order valence-electron chi connectivity index (χ3n) is 3.65. The van der Waals surface area contributed by atoms with Crippen LogP contribution in [-0.2, 0) is 21.6 Å². The molecule has 0 atom stereocenters. The topological polar surface area (TPSA) is 84.9 Å². The van der Waals surface area contributed by atoms with E-state index in [9.17, 15) is 17.6 Å². The standard InChI is InChI=1S/C16H14BrFN2O5S/c1-24-11-4-2-10(3-5-11)9-25-13-7-6-12(17)15(18)16(13)20-8-14(21)19-26(20,22)23/h2-7H,8-9H2,1H3,(H,19,21). The van der Waals surface area contributed by atoms with Crippen molar-refractivity contribution in [1.82, 2.24) is 4.72 Å². The summed E-state index contributed by atoms with van der Waals surface area (Å²) in [5, 5.41) is 0. The number of hydrogen-bond donors (Lipinski definition) is 1. The number of nitrogens with zero attached hydrogens (tertiary/aromatic N) is 1. The van der Waals surface area contributed by atoms with Gasteiger partial charge in [-0.2, -0.15) is 8.42 Å². The van der Waals surface area contributed by atoms with Crippen LogP contribution in [0.2, 0.25) is 0 Å². The van der Waals surface area contributed by atoms with Crippen LogP contribution in [0.1, 0.15) is 5.56 Å². The first-order valence-electron chi connectivity index (χ1n) is 7.39. The number of hydrogen-bond acceptors (Lipinski definition) is 5. The second kappa shape index (κ2) is 7.12. The number of ether oxygens (including phenoxy) is 2. The molecule has 0 spiro atoms. The summed E-state index contributed by atoms with van der Waals surface area (Å²) in [4.78, 5) is 11.5. The fourth-order valence-corrected chi connectivity index (χ4v) is 3.88. The van der Waals surface area contributed by atoms with Crippen molar-refractivity contribution < 1.29 is 27.1 Å². The van der Waals surface area contributed by atoms with Crippen LogP contribution < -0.4 is 18.5 Å². The van der Waals surface area contributed by atoms with Crippen LogP contribution in [0, 0.1) is 5.82 Å². The zero-order chi connectivity index (χ0) is 18.9. The lowest BCUT2D eigenvalue weighted by molar-refractivity contribution is -0.117. The fourth-order valence-electron chi connectivity index (χ4n) is 2.40. The zero-order valence-corrected chi connectivity index (χ0v) is 15.9. The molecule has 2 aromatic rings. The van der Waals surface area contributed by atoms with Crippen LogP contribution in [0.3, 0.4) is 0 Å². The molecule has 138 valence electrons. The molecule has 0 bridgehead atoms. The number of nitrogens with one attached hydrogen (secondary N) is 1. The van der Waals surface area contributed by atoms with Crippen LogP contribution in [0.25, 0.3) is 0 Å². The van der Waals surface area contributed by atoms with Crippen molar-refractivity contribution in [2.24, 2.45) is 0 Å². The molecule has 1 N–H and O–H groups in total. The lowest BCUT2D eigenvalue weighted by Crippen LogP contribution is -2.30. The second-order valence-electron chi connectivity index (χ2n) is 5.38. The molecule has 3 rings (SSSR count). The predicted molar refractivity (Wildman–Crippen MR) is 95.8 cm³/mol. The summed E-state index contributed by atoms with van der Waals surface area (Å²) in [5.41, 5.74) is 0.449. The van der Waals surface area contributed by atoms with Crippen LogP contribution in [0.15, 0.2) is 40.9 Å². The van der Waals surface area contributed by atoms with Gasteiger partial charge in [0.2, 0.25) is 0 Å². The van der Waals surface area contributed by atoms with Crippen LogP contribution in [0.5, 0.6) is 11.5 Å². The smallest absolute Gasteiger partial charge is 0.326 e. The lowest BCUT2D eigenvalue weighted by Gasteiger charge is -2.20. The Morgan fingerprint density at radius 1 is 1.23 bits per heavy atom. The number of benzene rings is 2. The highest BCUT2D eigenvalue weighted by molar-refractivity contribution is 9.10. The summed E-state index contributed by atoms with van der Waals surface area (Å²) in [6, 6.07) is 9.87. The van der Waals surface area contributed by atoms with E-state index in [4.69, 9.17) is 9.47 Å². The molecule has 1 aliphatic heterocycles. The van der Waals surface area contributed by atoms with E-state index in [0.29, 0.717) is 10.1 Å². The van der Waals surface area contributed by atoms with Crippen molar-refractivity contribution >= 4 is 37.7 Å². The van der Waals surface area contributed by atoms with Crippen LogP contribution in [0.4, 0.5) is 10.1 Å². The number of anilines is 1. The predicted octanol–water partition coefficient (Wildman–Crippen LogP) is 2.36. The number of carbonyl (C=O) groups excluding carboxylic acids is 1. The van der Waals surface area contributed by atoms with Gasteiger partial charge in [-0.3, -0.25) is 4.79 Å². The molecule has 1 amide bonds. The highest BCUT2D eigenvalue weighted by Crippen LogP contribution is 2.38. The van der Waals surface area contributed by atoms with E-state index < -0.39 is 28.5 Å². The minimum Gasteiger partial charge on any atom is -0.497 e. The molecule has 0 aromatic heterocycles. The number of halogens is 2. The Hall–Kier alpha value is -2.33. The summed E-state index contributed by atoms with van der Waals surface area (Å²) >= 11 is 3.02. The van der Waals surface area contributed by atoms with Crippen LogP contribution in [-0.4, -0.2) is 28.0 Å². The van der Waals surface area contributed by atoms with Gasteiger partial charge < -0.3 is 9.47 Å². The third-order valence-corrected chi connectivity index (χ3v) is 5.64. The summed E-state index contributed by atoms with van der Waals surface area (Å²) in [5.74, 6) is -0.902. The molecule has 7 nitrogen and oxygen atoms in total. The van der Waals surface area contributed by atoms with E-state index in [1.807, 2.05) is 4.72 Å². The number of methoxy groups -OCH3 is 1. The minimum atomic E-state index is -4.17. The molecule has 1 aliphatic rings. The Kier molecular flexibility index (Phi) is 5.05. The summed E-state index contributed by atoms with van der Waals surface area (Å²) in [7, 11) is -2.62. The van der Waals surface area contributed by atoms with Gasteiger partial charge in [-0.05, 0) is 45.8 Å². The molecular formula is C16H14BrFN2O5S. The molecule has 10 heteroatoms. The van der Waals surface area contributed by atoms with E-state index in [0.717, 1.165) is 5.56 Å². The average molecular weight is 445 g/mol. The van der Waals surface area contributed by atoms with Gasteiger partial charge >= 0.3 is 10.2 Å². The third kappa shape index (κ3) is 3.61. The summed E-state index contributed by atoms with van der Waals surface area (Å²) in [6.45, 7) is -0.443. The SMILES string of the molecule is COc1ccc(COc2ccc(Br)c(F)c2N2CC(=O)NS2(=O)=O)cc1. The maximum absolute atomic E-state index is 14.6. The van der Waals surface area contributed by atoms with Gasteiger partial charge in [0.25, 0.3) is 5.91 Å². The average Bonchev–Trinajstić information content (AvgIpc) is 2.88. The Morgan fingerprint density at radius 3 is 2.50 bits per heavy atom. The molecule has 0 radical (unpaired) electrons. The Bertz CT molecular complexity index is 950. The fraction of sp³-hybridized carbons (Fsp3) is 0.188. The molecule has 26 heavy (non-hydrogen) atoms. The maximum atomic E-state index is 14.6. The summed E-state index contributed by atoms with van der Waals surface area (Å²) in [6.07, 6.45) is 0. The minimum absolute atomic E-state index is 0.00148. The second-order valence-corrected chi connectivity index (χ2v) is 7.83. The highest BCUT2D eigenvalue weighted by atomic mass is 79.9. The zero-order valence-electron chi connectivity index (χ0n) is 13.5. The van der Waals surface area contributed by atoms with E-state index >= 15 is 0 Å². The van der Waals surface area contributed by atoms with Crippen molar-refractivity contribution in [2.75, 3.05) is 18.0 Å². The monoisotopic (exact) mass is 444 g/mol. The molecule has 0 unspecified atom stereocenters. The van der Waals surface area contributed by atoms with Gasteiger partial charge in [-0.15, -0.1) is 0 Å². The molecule has 1 heterocycles. The van der Waals surface area contributed by atoms with E-state index in [2.05, 4.69) is 15.9 Å². The molecular weight excluding hydrogens is 431 g/mol. The summed E-state index contributed by atoms with van der Waals surface area (Å²) < 4.78 is 52.0. The van der Waals surface area contributed by atoms with E-state index in [-0.39, 0.29) is 22.5 Å². The van der Waals surface area contributed by atoms with Crippen molar-refractivity contribution in [3.8, 4) is 11.5 Å². The van der Waals surface area contributed by atoms with Crippen molar-refractivity contribution in [3.05, 3.63) is 52.3 Å². The maximum Gasteiger partial charge on any atom is 0.326 e. The molecule has 1 fully saturated rings. The number of rotatable bonds is 5. The number of carbonyl (C=O) groups is 1. The van der Waals surface area contributed by atoms with Gasteiger partial charge in [-0.1, -0.05) is 12.1 Å². The largest absolute Gasteiger partial charge is 0.497 e. The van der Waals surface area contributed by atoms with Gasteiger partial charge in [-0.25, -0.2) is 13.4 Å². The molecule has 2 aromatic carbocycles. The van der Waals surface area contributed by atoms with E-state index in [1.54, 1.807) is 31.4 Å². The van der Waals surface area contributed by atoms with Gasteiger partial charge in [0.05, 0.1) is 11.6 Å². The molecule has 1 saturated heterocycles. The first-order chi connectivity index (χ1) is 12.3. The van der Waals surface area contributed by atoms with Crippen molar-refractivity contribution in [2.45, 2.75) is 6.61 Å². The first-order valence-corrected chi connectivity index (χ1v) is 9.62. The normalized spacial score (nSPS) is 15.7.